The fourth-order valence-electron chi connectivity index (χ4n) is 3.98. The summed E-state index contributed by atoms with van der Waals surface area (Å²) >= 11 is 3.42. The van der Waals surface area contributed by atoms with E-state index in [1.165, 1.54) is 0 Å². The molecule has 2 aliphatic heterocycles. The zero-order valence-corrected chi connectivity index (χ0v) is 15.7. The second kappa shape index (κ2) is 5.47. The summed E-state index contributed by atoms with van der Waals surface area (Å²) in [4.78, 5) is 26.0. The van der Waals surface area contributed by atoms with Gasteiger partial charge < -0.3 is 20.2 Å². The van der Waals surface area contributed by atoms with Crippen LogP contribution in [0.5, 0.6) is 5.75 Å². The van der Waals surface area contributed by atoms with Gasteiger partial charge in [0.1, 0.15) is 22.6 Å². The van der Waals surface area contributed by atoms with E-state index in [1.54, 1.807) is 42.5 Å². The molecule has 3 aromatic rings. The second-order valence-electron chi connectivity index (χ2n) is 6.44. The molecule has 1 amide bonds. The minimum absolute atomic E-state index is 0.0786. The molecule has 0 saturated heterocycles. The zero-order chi connectivity index (χ0) is 19.6. The van der Waals surface area contributed by atoms with E-state index in [9.17, 15) is 14.9 Å². The highest BCUT2D eigenvalue weighted by atomic mass is 79.9. The van der Waals surface area contributed by atoms with Crippen LogP contribution in [0.25, 0.3) is 11.0 Å². The number of halogens is 1. The van der Waals surface area contributed by atoms with E-state index >= 15 is 0 Å². The van der Waals surface area contributed by atoms with Crippen LogP contribution >= 0.6 is 15.9 Å². The summed E-state index contributed by atoms with van der Waals surface area (Å²) in [5, 5.41) is 13.2. The summed E-state index contributed by atoms with van der Waals surface area (Å²) in [6.45, 7) is 0. The molecular weight excluding hydrogens is 426 g/mol. The van der Waals surface area contributed by atoms with Gasteiger partial charge in [0, 0.05) is 26.7 Å². The molecule has 0 unspecified atom stereocenters. The third-order valence-electron chi connectivity index (χ3n) is 5.07. The first-order chi connectivity index (χ1) is 13.5. The minimum Gasteiger partial charge on any atom is -0.432 e. The maximum Gasteiger partial charge on any atom is 0.380 e. The molecule has 0 bridgehead atoms. The molecule has 8 heteroatoms. The Morgan fingerprint density at radius 2 is 1.96 bits per heavy atom. The molecule has 2 aromatic carbocycles. The Morgan fingerprint density at radius 3 is 2.75 bits per heavy atom. The third-order valence-corrected chi connectivity index (χ3v) is 5.56. The lowest BCUT2D eigenvalue weighted by atomic mass is 9.68. The summed E-state index contributed by atoms with van der Waals surface area (Å²) < 4.78 is 11.5. The molecule has 0 fully saturated rings. The highest BCUT2D eigenvalue weighted by molar-refractivity contribution is 9.10. The number of hydrogen-bond donors (Lipinski definition) is 2. The van der Waals surface area contributed by atoms with E-state index in [0.29, 0.717) is 21.1 Å². The fourth-order valence-corrected chi connectivity index (χ4v) is 4.34. The van der Waals surface area contributed by atoms with Gasteiger partial charge in [0.05, 0.1) is 0 Å². The number of carbonyl (C=O) groups excluding carboxylic acids is 1. The number of benzene rings is 2. The molecule has 1 aromatic heterocycles. The summed E-state index contributed by atoms with van der Waals surface area (Å²) in [5.74, 6) is -0.987. The molecule has 0 aliphatic carbocycles. The van der Waals surface area contributed by atoms with Gasteiger partial charge in [-0.25, -0.2) is 4.79 Å². The van der Waals surface area contributed by atoms with E-state index in [2.05, 4.69) is 21.2 Å². The lowest BCUT2D eigenvalue weighted by Gasteiger charge is -2.33. The Morgan fingerprint density at radius 1 is 1.18 bits per heavy atom. The van der Waals surface area contributed by atoms with E-state index < -0.39 is 16.9 Å². The Labute approximate surface area is 166 Å². The standard InChI is InChI=1S/C20H10BrN3O4/c21-9-5-6-13-11(7-9)20(19(26)24-13)12(8-22)17(23)28-16-15(20)10-3-1-2-4-14(10)27-18(16)25/h1-7H,23H2,(H,24,26)/t20-/m1/s1. The smallest absolute Gasteiger partial charge is 0.380 e. The average molecular weight is 436 g/mol. The number of anilines is 1. The molecule has 0 saturated carbocycles. The molecule has 1 atom stereocenters. The van der Waals surface area contributed by atoms with Crippen LogP contribution in [-0.4, -0.2) is 5.91 Å². The van der Waals surface area contributed by atoms with Crippen LogP contribution in [0.3, 0.4) is 0 Å². The molecule has 3 heterocycles. The van der Waals surface area contributed by atoms with Gasteiger partial charge in [0.2, 0.25) is 17.5 Å². The van der Waals surface area contributed by atoms with Crippen molar-refractivity contribution >= 4 is 38.5 Å². The number of nitrogens with one attached hydrogen (secondary N) is 1. The number of rotatable bonds is 0. The highest BCUT2D eigenvalue weighted by Crippen LogP contribution is 2.54. The molecule has 7 nitrogen and oxygen atoms in total. The second-order valence-corrected chi connectivity index (χ2v) is 7.35. The topological polar surface area (TPSA) is 118 Å². The predicted octanol–water partition coefficient (Wildman–Crippen LogP) is 2.88. The van der Waals surface area contributed by atoms with Crippen LogP contribution in [0.15, 0.2) is 67.6 Å². The quantitative estimate of drug-likeness (QED) is 0.524. The van der Waals surface area contributed by atoms with Crippen molar-refractivity contribution in [2.45, 2.75) is 5.41 Å². The Balaban J connectivity index is 2.06. The van der Waals surface area contributed by atoms with Crippen molar-refractivity contribution in [1.82, 2.24) is 0 Å². The predicted molar refractivity (Wildman–Crippen MR) is 103 cm³/mol. The molecule has 2 aliphatic rings. The summed E-state index contributed by atoms with van der Waals surface area (Å²) in [7, 11) is 0. The van der Waals surface area contributed by atoms with Crippen LogP contribution in [0.2, 0.25) is 0 Å². The minimum atomic E-state index is -1.62. The summed E-state index contributed by atoms with van der Waals surface area (Å²) in [6.07, 6.45) is 0. The SMILES string of the molecule is N#CC1=C(N)Oc2c(c3ccccc3oc2=O)[C@]12C(=O)Nc1ccc(Br)cc12. The third kappa shape index (κ3) is 1.86. The number of amides is 1. The van der Waals surface area contributed by atoms with Crippen molar-refractivity contribution in [2.24, 2.45) is 5.73 Å². The van der Waals surface area contributed by atoms with Crippen molar-refractivity contribution in [3.05, 3.63) is 79.9 Å². The highest BCUT2D eigenvalue weighted by Gasteiger charge is 2.58. The number of fused-ring (bicyclic) bond motifs is 6. The molecule has 0 radical (unpaired) electrons. The van der Waals surface area contributed by atoms with Crippen molar-refractivity contribution in [3.63, 3.8) is 0 Å². The molecule has 136 valence electrons. The Kier molecular flexibility index (Phi) is 3.24. The van der Waals surface area contributed by atoms with Gasteiger partial charge in [-0.2, -0.15) is 5.26 Å². The van der Waals surface area contributed by atoms with Crippen LogP contribution in [0.4, 0.5) is 5.69 Å². The van der Waals surface area contributed by atoms with Crippen LogP contribution in [-0.2, 0) is 10.2 Å². The van der Waals surface area contributed by atoms with E-state index in [-0.39, 0.29) is 28.4 Å². The lowest BCUT2D eigenvalue weighted by molar-refractivity contribution is -0.118. The number of hydrogen-bond acceptors (Lipinski definition) is 6. The number of nitrogens with zero attached hydrogens (tertiary/aromatic N) is 1. The first kappa shape index (κ1) is 16.6. The van der Waals surface area contributed by atoms with Crippen molar-refractivity contribution in [3.8, 4) is 11.8 Å². The van der Waals surface area contributed by atoms with Gasteiger partial charge in [-0.3, -0.25) is 4.79 Å². The van der Waals surface area contributed by atoms with Crippen LogP contribution in [0, 0.1) is 11.3 Å². The number of carbonyl (C=O) groups is 1. The van der Waals surface area contributed by atoms with E-state index in [4.69, 9.17) is 14.9 Å². The zero-order valence-electron chi connectivity index (χ0n) is 14.1. The van der Waals surface area contributed by atoms with Gasteiger partial charge in [-0.05, 0) is 24.3 Å². The van der Waals surface area contributed by atoms with Crippen LogP contribution in [0.1, 0.15) is 11.1 Å². The largest absolute Gasteiger partial charge is 0.432 e. The molecule has 3 N–H and O–H groups in total. The van der Waals surface area contributed by atoms with Gasteiger partial charge in [-0.1, -0.05) is 34.1 Å². The maximum atomic E-state index is 13.4. The Hall–Kier alpha value is -3.57. The fraction of sp³-hybridized carbons (Fsp3) is 0.0500. The van der Waals surface area contributed by atoms with Crippen molar-refractivity contribution in [2.75, 3.05) is 5.32 Å². The number of para-hydroxylation sites is 1. The molecule has 28 heavy (non-hydrogen) atoms. The maximum absolute atomic E-state index is 13.4. The first-order valence-corrected chi connectivity index (χ1v) is 9.03. The number of ether oxygens (including phenoxy) is 1. The molecular formula is C20H10BrN3O4. The first-order valence-electron chi connectivity index (χ1n) is 8.24. The average Bonchev–Trinajstić information content (AvgIpc) is 2.94. The van der Waals surface area contributed by atoms with Crippen molar-refractivity contribution < 1.29 is 13.9 Å². The van der Waals surface area contributed by atoms with E-state index in [0.717, 1.165) is 0 Å². The monoisotopic (exact) mass is 435 g/mol. The molecule has 1 spiro atoms. The molecule has 5 rings (SSSR count). The van der Waals surface area contributed by atoms with Crippen LogP contribution < -0.4 is 21.4 Å². The van der Waals surface area contributed by atoms with Crippen molar-refractivity contribution in [1.29, 1.82) is 5.26 Å². The number of nitriles is 1. The normalized spacial score (nSPS) is 19.8. The summed E-state index contributed by atoms with van der Waals surface area (Å²) in [5.41, 5.74) is 5.08. The van der Waals surface area contributed by atoms with Gasteiger partial charge in [0.25, 0.3) is 0 Å². The van der Waals surface area contributed by atoms with Gasteiger partial charge in [-0.15, -0.1) is 0 Å². The lowest BCUT2D eigenvalue weighted by Crippen LogP contribution is -2.43. The Bertz CT molecular complexity index is 1350. The van der Waals surface area contributed by atoms with Gasteiger partial charge >= 0.3 is 5.63 Å². The van der Waals surface area contributed by atoms with E-state index in [1.807, 2.05) is 6.07 Å². The number of nitrogens with two attached hydrogens (primary N) is 1. The van der Waals surface area contributed by atoms with Gasteiger partial charge in [0.15, 0.2) is 0 Å². The summed E-state index contributed by atoms with van der Waals surface area (Å²) in [6, 6.07) is 14.0.